The van der Waals surface area contributed by atoms with Gasteiger partial charge in [0.25, 0.3) is 6.71 Å². The van der Waals surface area contributed by atoms with Crippen LogP contribution in [0, 0.1) is 0 Å². The van der Waals surface area contributed by atoms with Crippen LogP contribution in [-0.2, 0) is 0 Å². The zero-order chi connectivity index (χ0) is 26.5. The number of ether oxygens (including phenoxy) is 2. The molecule has 2 aliphatic rings. The van der Waals surface area contributed by atoms with Gasteiger partial charge in [0.1, 0.15) is 11.5 Å². The second-order valence-electron chi connectivity index (χ2n) is 10.4. The number of fused-ring (bicyclic) bond motifs is 4. The molecule has 0 aliphatic carbocycles. The van der Waals surface area contributed by atoms with Crippen LogP contribution in [0.2, 0.25) is 0 Å². The molecule has 0 amide bonds. The first-order chi connectivity index (χ1) is 19.9. The van der Waals surface area contributed by atoms with E-state index in [9.17, 15) is 0 Å². The van der Waals surface area contributed by atoms with E-state index in [0.717, 1.165) is 28.5 Å². The largest absolute Gasteiger partial charge is 0.455 e. The minimum Gasteiger partial charge on any atom is -0.455 e. The highest BCUT2D eigenvalue weighted by Crippen LogP contribution is 2.36. The summed E-state index contributed by atoms with van der Waals surface area (Å²) in [4.78, 5) is 0. The summed E-state index contributed by atoms with van der Waals surface area (Å²) >= 11 is 0. The molecule has 8 rings (SSSR count). The van der Waals surface area contributed by atoms with Crippen molar-refractivity contribution < 1.29 is 9.47 Å². The van der Waals surface area contributed by atoms with Gasteiger partial charge in [-0.25, -0.2) is 0 Å². The van der Waals surface area contributed by atoms with E-state index < -0.39 is 8.07 Å². The molecule has 40 heavy (non-hydrogen) atoms. The third-order valence-electron chi connectivity index (χ3n) is 8.35. The number of para-hydroxylation sites is 2. The Balaban J connectivity index is 1.43. The van der Waals surface area contributed by atoms with Crippen LogP contribution in [0.15, 0.2) is 152 Å². The minimum absolute atomic E-state index is 0.0542. The van der Waals surface area contributed by atoms with Gasteiger partial charge in [-0.1, -0.05) is 133 Å². The Labute approximate surface area is 235 Å². The molecule has 0 saturated heterocycles. The average Bonchev–Trinajstić information content (AvgIpc) is 3.03. The maximum Gasteiger partial charge on any atom is 0.250 e. The van der Waals surface area contributed by atoms with Gasteiger partial charge in [0, 0.05) is 0 Å². The van der Waals surface area contributed by atoms with Crippen LogP contribution in [0.25, 0.3) is 0 Å². The summed E-state index contributed by atoms with van der Waals surface area (Å²) in [5.41, 5.74) is 3.78. The Morgan fingerprint density at radius 3 is 1.80 bits per heavy atom. The summed E-state index contributed by atoms with van der Waals surface area (Å²) < 4.78 is 13.2. The lowest BCUT2D eigenvalue weighted by molar-refractivity contribution is 0.422. The van der Waals surface area contributed by atoms with Gasteiger partial charge in [-0.3, -0.25) is 0 Å². The van der Waals surface area contributed by atoms with E-state index in [1.165, 1.54) is 31.7 Å². The van der Waals surface area contributed by atoms with E-state index >= 15 is 0 Å². The van der Waals surface area contributed by atoms with Crippen molar-refractivity contribution in [3.63, 3.8) is 0 Å². The molecule has 0 bridgehead atoms. The van der Waals surface area contributed by atoms with E-state index in [-0.39, 0.29) is 6.71 Å². The predicted octanol–water partition coefficient (Wildman–Crippen LogP) is 3.79. The smallest absolute Gasteiger partial charge is 0.250 e. The van der Waals surface area contributed by atoms with Gasteiger partial charge < -0.3 is 9.47 Å². The highest BCUT2D eigenvalue weighted by atomic mass is 28.3. The Kier molecular flexibility index (Phi) is 5.29. The molecule has 0 aromatic heterocycles. The van der Waals surface area contributed by atoms with Crippen LogP contribution in [-0.4, -0.2) is 14.8 Å². The quantitative estimate of drug-likeness (QED) is 0.324. The summed E-state index contributed by atoms with van der Waals surface area (Å²) in [7, 11) is -2.64. The number of rotatable bonds is 4. The van der Waals surface area contributed by atoms with Crippen molar-refractivity contribution in [3.8, 4) is 23.0 Å². The zero-order valence-corrected chi connectivity index (χ0v) is 22.8. The molecular weight excluding hydrogens is 503 g/mol. The van der Waals surface area contributed by atoms with Crippen molar-refractivity contribution >= 4 is 51.9 Å². The Bertz CT molecular complexity index is 1820. The summed E-state index contributed by atoms with van der Waals surface area (Å²) in [6.45, 7) is 0.0542. The maximum absolute atomic E-state index is 6.80. The number of benzene rings is 6. The molecule has 0 N–H and O–H groups in total. The molecule has 0 radical (unpaired) electrons. The Morgan fingerprint density at radius 2 is 1.07 bits per heavy atom. The second-order valence-corrected chi connectivity index (χ2v) is 14.1. The summed E-state index contributed by atoms with van der Waals surface area (Å²) in [5.74, 6) is 3.24. The molecule has 2 aliphatic heterocycles. The highest BCUT2D eigenvalue weighted by molar-refractivity contribution is 7.26. The predicted molar refractivity (Wildman–Crippen MR) is 168 cm³/mol. The zero-order valence-electron chi connectivity index (χ0n) is 21.8. The first kappa shape index (κ1) is 23.1. The van der Waals surface area contributed by atoms with Crippen LogP contribution in [0.3, 0.4) is 0 Å². The SMILES string of the molecule is c1ccc(Oc2cccc3c2Oc2cccc4c2B3c2ccccc2[Si]4(c2ccccc2)c2ccccc2)cc1. The van der Waals surface area contributed by atoms with E-state index in [2.05, 4.69) is 115 Å². The maximum atomic E-state index is 6.80. The molecule has 4 heteroatoms. The van der Waals surface area contributed by atoms with Crippen molar-refractivity contribution in [1.82, 2.24) is 0 Å². The van der Waals surface area contributed by atoms with Crippen molar-refractivity contribution in [2.45, 2.75) is 0 Å². The Morgan fingerprint density at radius 1 is 0.500 bits per heavy atom. The topological polar surface area (TPSA) is 18.5 Å². The molecule has 0 spiro atoms. The summed E-state index contributed by atoms with van der Waals surface area (Å²) in [5, 5.41) is 5.59. The van der Waals surface area contributed by atoms with Gasteiger partial charge in [-0.2, -0.15) is 0 Å². The molecule has 6 aromatic carbocycles. The molecule has 0 atom stereocenters. The molecule has 0 saturated carbocycles. The van der Waals surface area contributed by atoms with Gasteiger partial charge in [0.05, 0.1) is 0 Å². The summed E-state index contributed by atoms with van der Waals surface area (Å²) in [6, 6.07) is 54.2. The van der Waals surface area contributed by atoms with E-state index in [1.807, 2.05) is 36.4 Å². The first-order valence-corrected chi connectivity index (χ1v) is 15.7. The molecule has 6 aromatic rings. The van der Waals surface area contributed by atoms with Crippen LogP contribution < -0.4 is 46.6 Å². The average molecular weight is 528 g/mol. The summed E-state index contributed by atoms with van der Waals surface area (Å²) in [6.07, 6.45) is 0. The van der Waals surface area contributed by atoms with Crippen LogP contribution >= 0.6 is 0 Å². The van der Waals surface area contributed by atoms with Gasteiger partial charge in [-0.15, -0.1) is 0 Å². The van der Waals surface area contributed by atoms with Crippen LogP contribution in [0.5, 0.6) is 23.0 Å². The second kappa shape index (κ2) is 9.15. The fraction of sp³-hybridized carbons (Fsp3) is 0. The van der Waals surface area contributed by atoms with E-state index in [1.54, 1.807) is 0 Å². The van der Waals surface area contributed by atoms with Crippen molar-refractivity contribution in [3.05, 3.63) is 152 Å². The fourth-order valence-electron chi connectivity index (χ4n) is 6.81. The highest BCUT2D eigenvalue weighted by Gasteiger charge is 2.52. The van der Waals surface area contributed by atoms with Gasteiger partial charge in [0.2, 0.25) is 0 Å². The number of hydrogen-bond donors (Lipinski definition) is 0. The molecule has 2 nitrogen and oxygen atoms in total. The first-order valence-electron chi connectivity index (χ1n) is 13.7. The lowest BCUT2D eigenvalue weighted by Gasteiger charge is -2.44. The third kappa shape index (κ3) is 3.30. The standard InChI is InChI=1S/C36H25BO2Si/c1-4-14-26(15-5-1)38-32-23-12-21-30-36(32)39-31-22-13-25-34-35(31)37(30)29-20-10-11-24-33(29)40(34,27-16-6-2-7-17-27)28-18-8-3-9-19-28/h1-25H. The third-order valence-corrected chi connectivity index (χ3v) is 13.3. The van der Waals surface area contributed by atoms with E-state index in [0.29, 0.717) is 0 Å². The van der Waals surface area contributed by atoms with Crippen molar-refractivity contribution in [2.24, 2.45) is 0 Å². The molecule has 2 heterocycles. The lowest BCUT2D eigenvalue weighted by atomic mass is 9.35. The fourth-order valence-corrected chi connectivity index (χ4v) is 12.1. The normalized spacial score (nSPS) is 13.8. The Hall–Kier alpha value is -4.80. The monoisotopic (exact) mass is 528 g/mol. The van der Waals surface area contributed by atoms with Gasteiger partial charge in [-0.05, 0) is 55.9 Å². The van der Waals surface area contributed by atoms with E-state index in [4.69, 9.17) is 9.47 Å². The van der Waals surface area contributed by atoms with Crippen LogP contribution in [0.4, 0.5) is 0 Å². The van der Waals surface area contributed by atoms with Gasteiger partial charge in [0.15, 0.2) is 19.6 Å². The lowest BCUT2D eigenvalue weighted by Crippen LogP contribution is -2.87. The van der Waals surface area contributed by atoms with Crippen LogP contribution in [0.1, 0.15) is 0 Å². The van der Waals surface area contributed by atoms with Gasteiger partial charge >= 0.3 is 0 Å². The molecule has 0 unspecified atom stereocenters. The minimum atomic E-state index is -2.64. The van der Waals surface area contributed by atoms with Crippen molar-refractivity contribution in [2.75, 3.05) is 0 Å². The molecular formula is C36H25BO2Si. The molecule has 188 valence electrons. The number of hydrogen-bond acceptors (Lipinski definition) is 2. The molecule has 0 fully saturated rings. The van der Waals surface area contributed by atoms with Crippen molar-refractivity contribution in [1.29, 1.82) is 0 Å².